The van der Waals surface area contributed by atoms with Gasteiger partial charge in [-0.3, -0.25) is 0 Å². The number of aliphatic hydroxyl groups excluding tert-OH is 1. The van der Waals surface area contributed by atoms with Crippen molar-refractivity contribution in [3.63, 3.8) is 0 Å². The van der Waals surface area contributed by atoms with Gasteiger partial charge >= 0.3 is 0 Å². The quantitative estimate of drug-likeness (QED) is 0.404. The lowest BCUT2D eigenvalue weighted by molar-refractivity contribution is 0.181. The van der Waals surface area contributed by atoms with E-state index in [9.17, 15) is 5.11 Å². The Balaban J connectivity index is 2.08. The smallest absolute Gasteiger partial charge is 0.203 e. The van der Waals surface area contributed by atoms with E-state index >= 15 is 0 Å². The van der Waals surface area contributed by atoms with Crippen molar-refractivity contribution in [2.24, 2.45) is 4.99 Å². The maximum absolute atomic E-state index is 10.6. The largest absolute Gasteiger partial charge is 0.493 e. The molecular formula is C25H37N3O4. The van der Waals surface area contributed by atoms with Crippen molar-refractivity contribution in [1.82, 2.24) is 10.6 Å². The molecule has 0 aliphatic carbocycles. The van der Waals surface area contributed by atoms with Crippen molar-refractivity contribution in [1.29, 1.82) is 0 Å². The zero-order valence-corrected chi connectivity index (χ0v) is 20.3. The van der Waals surface area contributed by atoms with Gasteiger partial charge < -0.3 is 30.0 Å². The monoisotopic (exact) mass is 443 g/mol. The summed E-state index contributed by atoms with van der Waals surface area (Å²) in [6.45, 7) is 9.97. The molecule has 0 radical (unpaired) electrons. The lowest BCUT2D eigenvalue weighted by Crippen LogP contribution is -2.39. The Labute approximate surface area is 191 Å². The molecule has 0 aliphatic heterocycles. The maximum Gasteiger partial charge on any atom is 0.203 e. The van der Waals surface area contributed by atoms with E-state index < -0.39 is 6.10 Å². The zero-order chi connectivity index (χ0) is 23.7. The predicted octanol–water partition coefficient (Wildman–Crippen LogP) is 3.80. The van der Waals surface area contributed by atoms with E-state index in [1.807, 2.05) is 31.2 Å². The van der Waals surface area contributed by atoms with Gasteiger partial charge in [-0.05, 0) is 41.2 Å². The molecule has 0 aliphatic rings. The molecule has 0 saturated carbocycles. The summed E-state index contributed by atoms with van der Waals surface area (Å²) in [5, 5.41) is 17.0. The zero-order valence-electron chi connectivity index (χ0n) is 20.3. The van der Waals surface area contributed by atoms with Crippen LogP contribution >= 0.6 is 0 Å². The highest BCUT2D eigenvalue weighted by atomic mass is 16.5. The van der Waals surface area contributed by atoms with Gasteiger partial charge in [-0.25, -0.2) is 4.99 Å². The molecule has 3 N–H and O–H groups in total. The first kappa shape index (κ1) is 25.3. The Kier molecular flexibility index (Phi) is 9.20. The summed E-state index contributed by atoms with van der Waals surface area (Å²) >= 11 is 0. The summed E-state index contributed by atoms with van der Waals surface area (Å²) in [6, 6.07) is 11.9. The molecule has 0 heterocycles. The number of nitrogens with zero attached hydrogens (tertiary/aromatic N) is 1. The molecule has 0 aromatic heterocycles. The van der Waals surface area contributed by atoms with Crippen molar-refractivity contribution in [2.75, 3.05) is 34.4 Å². The van der Waals surface area contributed by atoms with E-state index in [1.165, 1.54) is 5.56 Å². The van der Waals surface area contributed by atoms with Crippen LogP contribution in [0.25, 0.3) is 0 Å². The van der Waals surface area contributed by atoms with Crippen molar-refractivity contribution < 1.29 is 19.3 Å². The van der Waals surface area contributed by atoms with Crippen molar-refractivity contribution in [2.45, 2.75) is 45.8 Å². The first-order chi connectivity index (χ1) is 15.2. The van der Waals surface area contributed by atoms with Crippen LogP contribution in [0.1, 0.15) is 50.5 Å². The van der Waals surface area contributed by atoms with Gasteiger partial charge in [0.15, 0.2) is 17.5 Å². The number of rotatable bonds is 9. The van der Waals surface area contributed by atoms with Crippen LogP contribution in [0.4, 0.5) is 0 Å². The van der Waals surface area contributed by atoms with Gasteiger partial charge in [0.25, 0.3) is 0 Å². The van der Waals surface area contributed by atoms with E-state index in [0.29, 0.717) is 42.8 Å². The molecule has 2 aromatic carbocycles. The number of ether oxygens (including phenoxy) is 3. The first-order valence-electron chi connectivity index (χ1n) is 10.8. The van der Waals surface area contributed by atoms with Gasteiger partial charge in [0.1, 0.15) is 0 Å². The van der Waals surface area contributed by atoms with Gasteiger partial charge in [-0.2, -0.15) is 0 Å². The highest BCUT2D eigenvalue weighted by Gasteiger charge is 2.15. The number of guanidine groups is 1. The SMILES string of the molecule is CCNC(=NCc1cc(OC)c(OC)c(OC)c1)NCC(O)c1ccc(C(C)(C)C)cc1. The van der Waals surface area contributed by atoms with Gasteiger partial charge in [0.2, 0.25) is 5.75 Å². The minimum Gasteiger partial charge on any atom is -0.493 e. The average Bonchev–Trinajstić information content (AvgIpc) is 2.79. The molecule has 0 bridgehead atoms. The Hall–Kier alpha value is -2.93. The second kappa shape index (κ2) is 11.6. The molecule has 7 heteroatoms. The maximum atomic E-state index is 10.6. The summed E-state index contributed by atoms with van der Waals surface area (Å²) in [4.78, 5) is 4.63. The summed E-state index contributed by atoms with van der Waals surface area (Å²) in [7, 11) is 4.75. The van der Waals surface area contributed by atoms with Crippen LogP contribution in [-0.4, -0.2) is 45.5 Å². The van der Waals surface area contributed by atoms with Crippen LogP contribution in [0.15, 0.2) is 41.4 Å². The van der Waals surface area contributed by atoms with E-state index in [4.69, 9.17) is 14.2 Å². The van der Waals surface area contributed by atoms with Crippen molar-refractivity contribution in [3.8, 4) is 17.2 Å². The third-order valence-corrected chi connectivity index (χ3v) is 5.11. The second-order valence-electron chi connectivity index (χ2n) is 8.50. The Morgan fingerprint density at radius 2 is 1.56 bits per heavy atom. The molecular weight excluding hydrogens is 406 g/mol. The van der Waals surface area contributed by atoms with Crippen LogP contribution in [0, 0.1) is 0 Å². The minimum absolute atomic E-state index is 0.0828. The van der Waals surface area contributed by atoms with Crippen LogP contribution < -0.4 is 24.8 Å². The highest BCUT2D eigenvalue weighted by molar-refractivity contribution is 5.79. The van der Waals surface area contributed by atoms with Crippen LogP contribution in [0.2, 0.25) is 0 Å². The number of nitrogens with one attached hydrogen (secondary N) is 2. The van der Waals surface area contributed by atoms with Gasteiger partial charge in [-0.15, -0.1) is 0 Å². The lowest BCUT2D eigenvalue weighted by atomic mass is 9.86. The van der Waals surface area contributed by atoms with Crippen LogP contribution in [0.3, 0.4) is 0 Å². The molecule has 1 unspecified atom stereocenters. The van der Waals surface area contributed by atoms with E-state index in [2.05, 4.69) is 48.5 Å². The van der Waals surface area contributed by atoms with Crippen LogP contribution in [-0.2, 0) is 12.0 Å². The molecule has 32 heavy (non-hydrogen) atoms. The number of benzene rings is 2. The van der Waals surface area contributed by atoms with Crippen molar-refractivity contribution in [3.05, 3.63) is 53.1 Å². The third kappa shape index (κ3) is 6.79. The molecule has 0 fully saturated rings. The second-order valence-corrected chi connectivity index (χ2v) is 8.50. The topological polar surface area (TPSA) is 84.3 Å². The Morgan fingerprint density at radius 3 is 2.03 bits per heavy atom. The van der Waals surface area contributed by atoms with Crippen LogP contribution in [0.5, 0.6) is 17.2 Å². The third-order valence-electron chi connectivity index (χ3n) is 5.11. The number of aliphatic hydroxyl groups is 1. The Morgan fingerprint density at radius 1 is 0.969 bits per heavy atom. The number of hydrogen-bond acceptors (Lipinski definition) is 5. The van der Waals surface area contributed by atoms with Gasteiger partial charge in [0, 0.05) is 13.1 Å². The van der Waals surface area contributed by atoms with Crippen molar-refractivity contribution >= 4 is 5.96 Å². The molecule has 2 rings (SSSR count). The molecule has 0 spiro atoms. The fourth-order valence-electron chi connectivity index (χ4n) is 3.26. The number of hydrogen-bond donors (Lipinski definition) is 3. The lowest BCUT2D eigenvalue weighted by Gasteiger charge is -2.20. The molecule has 2 aromatic rings. The summed E-state index contributed by atoms with van der Waals surface area (Å²) in [5.41, 5.74) is 3.10. The molecule has 1 atom stereocenters. The summed E-state index contributed by atoms with van der Waals surface area (Å²) in [5.74, 6) is 2.34. The molecule has 7 nitrogen and oxygen atoms in total. The van der Waals surface area contributed by atoms with Gasteiger partial charge in [0.05, 0.1) is 34.0 Å². The molecule has 176 valence electrons. The van der Waals surface area contributed by atoms with E-state index in [0.717, 1.165) is 11.1 Å². The fourth-order valence-corrected chi connectivity index (χ4v) is 3.26. The van der Waals surface area contributed by atoms with Gasteiger partial charge in [-0.1, -0.05) is 45.0 Å². The summed E-state index contributed by atoms with van der Waals surface area (Å²) in [6.07, 6.45) is -0.644. The number of methoxy groups -OCH3 is 3. The van der Waals surface area contributed by atoms with E-state index in [-0.39, 0.29) is 5.41 Å². The fraction of sp³-hybridized carbons (Fsp3) is 0.480. The summed E-state index contributed by atoms with van der Waals surface area (Å²) < 4.78 is 16.2. The first-order valence-corrected chi connectivity index (χ1v) is 10.8. The number of aliphatic imine (C=N–C) groups is 1. The average molecular weight is 444 g/mol. The standard InChI is InChI=1S/C25H37N3O4/c1-8-26-24(27-15-17-13-21(30-5)23(32-7)22(14-17)31-6)28-16-20(29)18-9-11-19(12-10-18)25(2,3)4/h9-14,20,29H,8,15-16H2,1-7H3,(H2,26,27,28). The molecule has 0 amide bonds. The Bertz CT molecular complexity index is 864. The minimum atomic E-state index is -0.644. The van der Waals surface area contributed by atoms with E-state index in [1.54, 1.807) is 21.3 Å². The predicted molar refractivity (Wildman–Crippen MR) is 129 cm³/mol. The molecule has 0 saturated heterocycles. The highest BCUT2D eigenvalue weighted by Crippen LogP contribution is 2.38. The normalized spacial score (nSPS) is 12.8.